The lowest BCUT2D eigenvalue weighted by atomic mass is 10.1. The minimum absolute atomic E-state index is 0.128. The van der Waals surface area contributed by atoms with E-state index in [9.17, 15) is 4.79 Å². The van der Waals surface area contributed by atoms with Gasteiger partial charge in [-0.15, -0.1) is 0 Å². The standard InChI is InChI=1S/C12H18N2O/c1-9-4-3-5-11(6-9)8-14-10(2)7-12(13)15/h3-6,10,14H,7-8H2,1-2H3,(H2,13,15). The first-order chi connectivity index (χ1) is 7.08. The molecular weight excluding hydrogens is 188 g/mol. The Hall–Kier alpha value is -1.35. The number of benzene rings is 1. The van der Waals surface area contributed by atoms with Crippen LogP contribution in [0.5, 0.6) is 0 Å². The number of amides is 1. The number of nitrogens with one attached hydrogen (secondary N) is 1. The first kappa shape index (κ1) is 11.7. The van der Waals surface area contributed by atoms with Gasteiger partial charge in [-0.2, -0.15) is 0 Å². The maximum absolute atomic E-state index is 10.7. The third-order valence-corrected chi connectivity index (χ3v) is 2.24. The monoisotopic (exact) mass is 206 g/mol. The number of hydrogen-bond acceptors (Lipinski definition) is 2. The molecule has 0 radical (unpaired) electrons. The van der Waals surface area contributed by atoms with Gasteiger partial charge in [0.05, 0.1) is 0 Å². The van der Waals surface area contributed by atoms with Crippen molar-refractivity contribution in [3.05, 3.63) is 35.4 Å². The molecule has 0 aliphatic carbocycles. The Morgan fingerprint density at radius 1 is 1.53 bits per heavy atom. The molecule has 0 aliphatic rings. The number of carbonyl (C=O) groups excluding carboxylic acids is 1. The van der Waals surface area contributed by atoms with Crippen LogP contribution in [0.3, 0.4) is 0 Å². The minimum atomic E-state index is -0.265. The molecule has 0 heterocycles. The summed E-state index contributed by atoms with van der Waals surface area (Å²) in [6, 6.07) is 8.42. The first-order valence-electron chi connectivity index (χ1n) is 5.15. The maximum Gasteiger partial charge on any atom is 0.218 e. The van der Waals surface area contributed by atoms with Crippen molar-refractivity contribution in [2.75, 3.05) is 0 Å². The lowest BCUT2D eigenvalue weighted by Gasteiger charge is -2.11. The summed E-state index contributed by atoms with van der Waals surface area (Å²) >= 11 is 0. The van der Waals surface area contributed by atoms with Crippen LogP contribution in [-0.2, 0) is 11.3 Å². The highest BCUT2D eigenvalue weighted by atomic mass is 16.1. The molecule has 82 valence electrons. The molecule has 0 bridgehead atoms. The highest BCUT2D eigenvalue weighted by Gasteiger charge is 2.04. The van der Waals surface area contributed by atoms with Crippen molar-refractivity contribution in [2.24, 2.45) is 5.73 Å². The number of rotatable bonds is 5. The molecule has 1 aromatic rings. The molecule has 3 N–H and O–H groups in total. The van der Waals surface area contributed by atoms with Gasteiger partial charge in [0.2, 0.25) is 5.91 Å². The Labute approximate surface area is 90.7 Å². The van der Waals surface area contributed by atoms with Gasteiger partial charge >= 0.3 is 0 Å². The SMILES string of the molecule is Cc1cccc(CNC(C)CC(N)=O)c1. The molecular formula is C12H18N2O. The van der Waals surface area contributed by atoms with Gasteiger partial charge in [0.15, 0.2) is 0 Å². The molecule has 0 aliphatic heterocycles. The molecule has 1 amide bonds. The predicted octanol–water partition coefficient (Wildman–Crippen LogP) is 1.35. The van der Waals surface area contributed by atoms with E-state index in [0.717, 1.165) is 6.54 Å². The Morgan fingerprint density at radius 2 is 2.27 bits per heavy atom. The van der Waals surface area contributed by atoms with E-state index >= 15 is 0 Å². The quantitative estimate of drug-likeness (QED) is 0.764. The molecule has 1 rings (SSSR count). The Bertz CT molecular complexity index is 336. The Morgan fingerprint density at radius 3 is 2.87 bits per heavy atom. The van der Waals surface area contributed by atoms with Crippen LogP contribution < -0.4 is 11.1 Å². The fourth-order valence-electron chi connectivity index (χ4n) is 1.49. The molecule has 3 nitrogen and oxygen atoms in total. The van der Waals surface area contributed by atoms with E-state index in [1.165, 1.54) is 11.1 Å². The maximum atomic E-state index is 10.7. The predicted molar refractivity (Wildman–Crippen MR) is 61.3 cm³/mol. The van der Waals surface area contributed by atoms with E-state index in [0.29, 0.717) is 6.42 Å². The first-order valence-corrected chi connectivity index (χ1v) is 5.15. The molecule has 0 fully saturated rings. The summed E-state index contributed by atoms with van der Waals surface area (Å²) in [4.78, 5) is 10.7. The van der Waals surface area contributed by atoms with Gasteiger partial charge in [-0.05, 0) is 19.4 Å². The molecule has 1 atom stereocenters. The van der Waals surface area contributed by atoms with Crippen molar-refractivity contribution in [3.8, 4) is 0 Å². The number of carbonyl (C=O) groups is 1. The van der Waals surface area contributed by atoms with E-state index in [1.807, 2.05) is 13.0 Å². The van der Waals surface area contributed by atoms with Gasteiger partial charge in [-0.3, -0.25) is 4.79 Å². The second-order valence-corrected chi connectivity index (χ2v) is 3.94. The highest BCUT2D eigenvalue weighted by Crippen LogP contribution is 2.04. The van der Waals surface area contributed by atoms with E-state index < -0.39 is 0 Å². The molecule has 3 heteroatoms. The molecule has 0 spiro atoms. The van der Waals surface area contributed by atoms with Crippen molar-refractivity contribution in [1.29, 1.82) is 0 Å². The molecule has 1 aromatic carbocycles. The zero-order valence-corrected chi connectivity index (χ0v) is 9.29. The zero-order valence-electron chi connectivity index (χ0n) is 9.29. The number of nitrogens with two attached hydrogens (primary N) is 1. The Balaban J connectivity index is 2.40. The van der Waals surface area contributed by atoms with Crippen molar-refractivity contribution in [2.45, 2.75) is 32.9 Å². The van der Waals surface area contributed by atoms with Crippen LogP contribution in [0.15, 0.2) is 24.3 Å². The van der Waals surface area contributed by atoms with E-state index in [-0.39, 0.29) is 11.9 Å². The smallest absolute Gasteiger partial charge is 0.218 e. The van der Waals surface area contributed by atoms with Crippen molar-refractivity contribution < 1.29 is 4.79 Å². The molecule has 15 heavy (non-hydrogen) atoms. The third kappa shape index (κ3) is 4.61. The van der Waals surface area contributed by atoms with Gasteiger partial charge in [0, 0.05) is 19.0 Å². The van der Waals surface area contributed by atoms with Crippen LogP contribution in [0.1, 0.15) is 24.5 Å². The summed E-state index contributed by atoms with van der Waals surface area (Å²) in [6.45, 7) is 4.80. The molecule has 0 saturated heterocycles. The summed E-state index contributed by atoms with van der Waals surface area (Å²) in [5.74, 6) is -0.265. The van der Waals surface area contributed by atoms with Gasteiger partial charge in [0.25, 0.3) is 0 Å². The average molecular weight is 206 g/mol. The fourth-order valence-corrected chi connectivity index (χ4v) is 1.49. The fraction of sp³-hybridized carbons (Fsp3) is 0.417. The lowest BCUT2D eigenvalue weighted by Crippen LogP contribution is -2.30. The number of primary amides is 1. The van der Waals surface area contributed by atoms with E-state index in [4.69, 9.17) is 5.73 Å². The van der Waals surface area contributed by atoms with Crippen LogP contribution in [0.2, 0.25) is 0 Å². The number of aryl methyl sites for hydroxylation is 1. The van der Waals surface area contributed by atoms with Crippen LogP contribution in [-0.4, -0.2) is 11.9 Å². The van der Waals surface area contributed by atoms with E-state index in [2.05, 4.69) is 30.4 Å². The normalized spacial score (nSPS) is 12.4. The van der Waals surface area contributed by atoms with Crippen LogP contribution in [0.4, 0.5) is 0 Å². The highest BCUT2D eigenvalue weighted by molar-refractivity contribution is 5.74. The van der Waals surface area contributed by atoms with Crippen molar-refractivity contribution in [3.63, 3.8) is 0 Å². The second kappa shape index (κ2) is 5.51. The van der Waals surface area contributed by atoms with Gasteiger partial charge in [-0.25, -0.2) is 0 Å². The van der Waals surface area contributed by atoms with Crippen molar-refractivity contribution in [1.82, 2.24) is 5.32 Å². The minimum Gasteiger partial charge on any atom is -0.370 e. The summed E-state index contributed by atoms with van der Waals surface area (Å²) in [5.41, 5.74) is 7.58. The summed E-state index contributed by atoms with van der Waals surface area (Å²) < 4.78 is 0. The molecule has 0 aromatic heterocycles. The Kier molecular flexibility index (Phi) is 4.31. The van der Waals surface area contributed by atoms with Gasteiger partial charge in [-0.1, -0.05) is 29.8 Å². The number of hydrogen-bond donors (Lipinski definition) is 2. The molecule has 0 saturated carbocycles. The summed E-state index contributed by atoms with van der Waals surface area (Å²) in [6.07, 6.45) is 0.381. The van der Waals surface area contributed by atoms with Crippen LogP contribution in [0.25, 0.3) is 0 Å². The largest absolute Gasteiger partial charge is 0.370 e. The molecule has 1 unspecified atom stereocenters. The summed E-state index contributed by atoms with van der Waals surface area (Å²) in [5, 5.41) is 3.26. The zero-order chi connectivity index (χ0) is 11.3. The van der Waals surface area contributed by atoms with Gasteiger partial charge in [0.1, 0.15) is 0 Å². The van der Waals surface area contributed by atoms with Crippen molar-refractivity contribution >= 4 is 5.91 Å². The van der Waals surface area contributed by atoms with Gasteiger partial charge < -0.3 is 11.1 Å². The average Bonchev–Trinajstić information content (AvgIpc) is 2.14. The van der Waals surface area contributed by atoms with E-state index in [1.54, 1.807) is 0 Å². The second-order valence-electron chi connectivity index (χ2n) is 3.94. The van der Waals surface area contributed by atoms with Crippen LogP contribution >= 0.6 is 0 Å². The third-order valence-electron chi connectivity index (χ3n) is 2.24. The summed E-state index contributed by atoms with van der Waals surface area (Å²) in [7, 11) is 0. The topological polar surface area (TPSA) is 55.1 Å². The lowest BCUT2D eigenvalue weighted by molar-refractivity contribution is -0.118. The van der Waals surface area contributed by atoms with Crippen LogP contribution in [0, 0.1) is 6.92 Å².